The van der Waals surface area contributed by atoms with Crippen LogP contribution in [0.3, 0.4) is 0 Å². The summed E-state index contributed by atoms with van der Waals surface area (Å²) in [6, 6.07) is 0.556. The molecule has 22 heavy (non-hydrogen) atoms. The van der Waals surface area contributed by atoms with Crippen molar-refractivity contribution in [3.8, 4) is 0 Å². The molecule has 1 saturated heterocycles. The van der Waals surface area contributed by atoms with Crippen LogP contribution in [-0.2, 0) is 17.3 Å². The van der Waals surface area contributed by atoms with E-state index in [0.717, 1.165) is 12.2 Å². The Kier molecular flexibility index (Phi) is 3.83. The average Bonchev–Trinajstić information content (AvgIpc) is 2.44. The largest absolute Gasteiger partial charge is 0.296 e. The van der Waals surface area contributed by atoms with Crippen LogP contribution in [0.25, 0.3) is 0 Å². The van der Waals surface area contributed by atoms with Gasteiger partial charge in [-0.3, -0.25) is 4.90 Å². The van der Waals surface area contributed by atoms with E-state index in [0.29, 0.717) is 6.04 Å². The van der Waals surface area contributed by atoms with E-state index >= 15 is 0 Å². The van der Waals surface area contributed by atoms with Gasteiger partial charge in [-0.2, -0.15) is 0 Å². The molecule has 0 amide bonds. The number of rotatable bonds is 0. The summed E-state index contributed by atoms with van der Waals surface area (Å²) in [6.07, 6.45) is 5.04. The zero-order valence-corrected chi connectivity index (χ0v) is 15.2. The third-order valence-electron chi connectivity index (χ3n) is 4.99. The highest BCUT2D eigenvalue weighted by Gasteiger charge is 2.37. The van der Waals surface area contributed by atoms with E-state index in [9.17, 15) is 0 Å². The van der Waals surface area contributed by atoms with Crippen molar-refractivity contribution in [2.24, 2.45) is 0 Å². The number of fused-ring (bicyclic) bond motifs is 3. The van der Waals surface area contributed by atoms with Crippen LogP contribution in [0.15, 0.2) is 0 Å². The van der Waals surface area contributed by atoms with E-state index < -0.39 is 0 Å². The Hall–Kier alpha value is -0.960. The van der Waals surface area contributed by atoms with Crippen LogP contribution in [0.4, 0.5) is 0 Å². The van der Waals surface area contributed by atoms with E-state index in [1.165, 1.54) is 49.3 Å². The Labute approximate surface area is 135 Å². The third-order valence-corrected chi connectivity index (χ3v) is 4.99. The highest BCUT2D eigenvalue weighted by Crippen LogP contribution is 2.41. The number of aromatic nitrogens is 2. The Bertz CT molecular complexity index is 563. The first-order valence-electron chi connectivity index (χ1n) is 8.84. The average molecular weight is 301 g/mol. The Morgan fingerprint density at radius 3 is 2.27 bits per heavy atom. The van der Waals surface area contributed by atoms with Crippen molar-refractivity contribution in [2.75, 3.05) is 13.1 Å². The van der Waals surface area contributed by atoms with E-state index in [1.807, 2.05) is 0 Å². The number of hydrogen-bond acceptors (Lipinski definition) is 3. The van der Waals surface area contributed by atoms with Gasteiger partial charge >= 0.3 is 0 Å². The molecule has 3 rings (SSSR count). The summed E-state index contributed by atoms with van der Waals surface area (Å²) in [5, 5.41) is 0. The van der Waals surface area contributed by atoms with Gasteiger partial charge in [-0.05, 0) is 19.4 Å². The van der Waals surface area contributed by atoms with E-state index in [2.05, 4.69) is 46.4 Å². The van der Waals surface area contributed by atoms with E-state index in [-0.39, 0.29) is 10.8 Å². The monoisotopic (exact) mass is 301 g/mol. The molecule has 0 spiro atoms. The quantitative estimate of drug-likeness (QED) is 0.720. The molecule has 1 aromatic heterocycles. The van der Waals surface area contributed by atoms with Crippen LogP contribution in [0.5, 0.6) is 0 Å². The molecule has 1 fully saturated rings. The van der Waals surface area contributed by atoms with Crippen molar-refractivity contribution in [2.45, 2.75) is 84.1 Å². The van der Waals surface area contributed by atoms with Crippen LogP contribution in [-0.4, -0.2) is 28.0 Å². The van der Waals surface area contributed by atoms with E-state index in [1.54, 1.807) is 0 Å². The number of nitrogens with zero attached hydrogens (tertiary/aromatic N) is 3. The minimum Gasteiger partial charge on any atom is -0.296 e. The Balaban J connectivity index is 2.18. The number of piperidine rings is 1. The Morgan fingerprint density at radius 1 is 0.909 bits per heavy atom. The molecule has 0 aliphatic carbocycles. The van der Waals surface area contributed by atoms with Crippen LogP contribution < -0.4 is 0 Å². The molecule has 2 aliphatic rings. The van der Waals surface area contributed by atoms with Gasteiger partial charge in [0.2, 0.25) is 0 Å². The van der Waals surface area contributed by atoms with Crippen molar-refractivity contribution < 1.29 is 0 Å². The lowest BCUT2D eigenvalue weighted by atomic mass is 9.80. The summed E-state index contributed by atoms with van der Waals surface area (Å²) in [5.74, 6) is 1.01. The topological polar surface area (TPSA) is 29.0 Å². The molecule has 1 atom stereocenters. The van der Waals surface area contributed by atoms with Crippen LogP contribution in [0, 0.1) is 0 Å². The van der Waals surface area contributed by atoms with Crippen LogP contribution in [0.2, 0.25) is 0 Å². The van der Waals surface area contributed by atoms with Gasteiger partial charge in [0, 0.05) is 35.4 Å². The lowest BCUT2D eigenvalue weighted by molar-refractivity contribution is 0.134. The molecule has 0 saturated carbocycles. The first kappa shape index (κ1) is 15.9. The zero-order valence-electron chi connectivity index (χ0n) is 15.2. The van der Waals surface area contributed by atoms with Gasteiger partial charge in [0.25, 0.3) is 0 Å². The van der Waals surface area contributed by atoms with Crippen molar-refractivity contribution >= 4 is 0 Å². The summed E-state index contributed by atoms with van der Waals surface area (Å²) >= 11 is 0. The summed E-state index contributed by atoms with van der Waals surface area (Å²) in [7, 11) is 0. The molecule has 0 radical (unpaired) electrons. The maximum absolute atomic E-state index is 5.08. The molecule has 3 nitrogen and oxygen atoms in total. The maximum atomic E-state index is 5.08. The molecule has 0 aromatic carbocycles. The maximum Gasteiger partial charge on any atom is 0.134 e. The molecular formula is C19H31N3. The van der Waals surface area contributed by atoms with Crippen LogP contribution >= 0.6 is 0 Å². The van der Waals surface area contributed by atoms with Gasteiger partial charge in [-0.15, -0.1) is 0 Å². The second-order valence-electron chi connectivity index (χ2n) is 9.05. The van der Waals surface area contributed by atoms with Gasteiger partial charge < -0.3 is 0 Å². The second-order valence-corrected chi connectivity index (χ2v) is 9.05. The predicted octanol–water partition coefficient (Wildman–Crippen LogP) is 4.15. The summed E-state index contributed by atoms with van der Waals surface area (Å²) in [4.78, 5) is 12.8. The smallest absolute Gasteiger partial charge is 0.134 e. The van der Waals surface area contributed by atoms with Gasteiger partial charge in [0.05, 0.1) is 11.4 Å². The Morgan fingerprint density at radius 2 is 1.64 bits per heavy atom. The van der Waals surface area contributed by atoms with Crippen molar-refractivity contribution in [3.05, 3.63) is 22.8 Å². The molecule has 3 heteroatoms. The SMILES string of the molecule is CC(C)(C)c1nc2c(c(C(C)(C)C)n1)C1CCCCN1CC2. The third kappa shape index (κ3) is 2.80. The van der Waals surface area contributed by atoms with Gasteiger partial charge in [-0.25, -0.2) is 9.97 Å². The molecule has 3 heterocycles. The molecule has 1 unspecified atom stereocenters. The predicted molar refractivity (Wildman–Crippen MR) is 91.3 cm³/mol. The molecular weight excluding hydrogens is 270 g/mol. The lowest BCUT2D eigenvalue weighted by Gasteiger charge is -2.42. The molecule has 122 valence electrons. The van der Waals surface area contributed by atoms with Crippen molar-refractivity contribution in [3.63, 3.8) is 0 Å². The fourth-order valence-electron chi connectivity index (χ4n) is 3.80. The van der Waals surface area contributed by atoms with Crippen molar-refractivity contribution in [1.29, 1.82) is 0 Å². The zero-order chi connectivity index (χ0) is 16.1. The highest BCUT2D eigenvalue weighted by molar-refractivity contribution is 5.37. The molecule has 2 aliphatic heterocycles. The second kappa shape index (κ2) is 5.30. The van der Waals surface area contributed by atoms with Gasteiger partial charge in [0.15, 0.2) is 0 Å². The highest BCUT2D eigenvalue weighted by atomic mass is 15.2. The first-order valence-corrected chi connectivity index (χ1v) is 8.84. The molecule has 1 aromatic rings. The summed E-state index contributed by atoms with van der Waals surface area (Å²) in [6.45, 7) is 16.0. The number of hydrogen-bond donors (Lipinski definition) is 0. The normalized spacial score (nSPS) is 23.1. The molecule has 0 N–H and O–H groups in total. The summed E-state index contributed by atoms with van der Waals surface area (Å²) in [5.41, 5.74) is 4.17. The van der Waals surface area contributed by atoms with E-state index in [4.69, 9.17) is 9.97 Å². The first-order chi connectivity index (χ1) is 10.2. The summed E-state index contributed by atoms with van der Waals surface area (Å²) < 4.78 is 0. The van der Waals surface area contributed by atoms with Crippen LogP contribution in [0.1, 0.15) is 89.6 Å². The van der Waals surface area contributed by atoms with Crippen molar-refractivity contribution in [1.82, 2.24) is 14.9 Å². The fraction of sp³-hybridized carbons (Fsp3) is 0.789. The minimum absolute atomic E-state index is 0.0126. The minimum atomic E-state index is 0.0126. The lowest BCUT2D eigenvalue weighted by Crippen LogP contribution is -2.41. The van der Waals surface area contributed by atoms with Gasteiger partial charge in [0.1, 0.15) is 5.82 Å². The molecule has 0 bridgehead atoms. The fourth-order valence-corrected chi connectivity index (χ4v) is 3.80. The van der Waals surface area contributed by atoms with Gasteiger partial charge in [-0.1, -0.05) is 48.0 Å². The standard InChI is InChI=1S/C19H31N3/c1-18(2,3)16-15-13(20-17(21-16)19(4,5)6)10-12-22-11-8-7-9-14(15)22/h14H,7-12H2,1-6H3.